The Morgan fingerprint density at radius 1 is 1.44 bits per heavy atom. The number of carbonyl (C=O) groups is 1. The third-order valence-corrected chi connectivity index (χ3v) is 2.15. The number of hydrogen-bond acceptors (Lipinski definition) is 2. The van der Waals surface area contributed by atoms with Crippen LogP contribution in [0.2, 0.25) is 0 Å². The van der Waals surface area contributed by atoms with Gasteiger partial charge in [0.25, 0.3) is 0 Å². The van der Waals surface area contributed by atoms with Gasteiger partial charge in [0.1, 0.15) is 11.3 Å². The van der Waals surface area contributed by atoms with Gasteiger partial charge in [-0.3, -0.25) is 4.79 Å². The van der Waals surface area contributed by atoms with E-state index >= 15 is 0 Å². The number of Topliss-reactive ketones (excluding diaryl/α,β-unsaturated/α-hetero) is 1. The maximum absolute atomic E-state index is 12.6. The molecule has 1 atom stereocenters. The van der Waals surface area contributed by atoms with Crippen LogP contribution in [0.5, 0.6) is 5.75 Å². The molecule has 0 aliphatic heterocycles. The molecule has 1 aromatic carbocycles. The lowest BCUT2D eigenvalue weighted by Gasteiger charge is -2.14. The summed E-state index contributed by atoms with van der Waals surface area (Å²) in [5.41, 5.74) is -1.96. The van der Waals surface area contributed by atoms with Gasteiger partial charge in [-0.25, -0.2) is 0 Å². The number of benzene rings is 1. The van der Waals surface area contributed by atoms with Crippen molar-refractivity contribution in [2.75, 3.05) is 0 Å². The predicted molar refractivity (Wildman–Crippen MR) is 52.8 cm³/mol. The van der Waals surface area contributed by atoms with Gasteiger partial charge in [-0.1, -0.05) is 12.1 Å². The summed E-state index contributed by atoms with van der Waals surface area (Å²) in [5, 5.41) is 8.06. The summed E-state index contributed by atoms with van der Waals surface area (Å²) in [6.45, 7) is 1.27. The monoisotopic (exact) mass is 252 g/mol. The Balaban J connectivity index is 3.41. The van der Waals surface area contributed by atoms with Crippen molar-refractivity contribution in [2.24, 2.45) is 0 Å². The minimum atomic E-state index is -4.79. The molecule has 0 bridgehead atoms. The normalized spacial score (nSPS) is 13.6. The molecule has 6 heteroatoms. The van der Waals surface area contributed by atoms with Crippen LogP contribution >= 0.6 is 11.6 Å². The van der Waals surface area contributed by atoms with Gasteiger partial charge in [-0.2, -0.15) is 13.2 Å². The highest BCUT2D eigenvalue weighted by Crippen LogP contribution is 2.38. The SMILES string of the molecule is CC(Cl)C(=O)c1cccc(O)c1C(F)(F)F. The van der Waals surface area contributed by atoms with E-state index in [2.05, 4.69) is 0 Å². The molecule has 16 heavy (non-hydrogen) atoms. The van der Waals surface area contributed by atoms with Crippen molar-refractivity contribution >= 4 is 17.4 Å². The smallest absolute Gasteiger partial charge is 0.420 e. The van der Waals surface area contributed by atoms with Crippen molar-refractivity contribution in [3.05, 3.63) is 29.3 Å². The molecular formula is C10H8ClF3O2. The highest BCUT2D eigenvalue weighted by Gasteiger charge is 2.38. The molecule has 1 rings (SSSR count). The van der Waals surface area contributed by atoms with Crippen LogP contribution in [0.3, 0.4) is 0 Å². The molecule has 1 aromatic rings. The average Bonchev–Trinajstić information content (AvgIpc) is 2.14. The fourth-order valence-electron chi connectivity index (χ4n) is 1.26. The number of phenols is 1. The van der Waals surface area contributed by atoms with Crippen molar-refractivity contribution in [2.45, 2.75) is 18.5 Å². The average molecular weight is 253 g/mol. The van der Waals surface area contributed by atoms with Crippen LogP contribution in [0.15, 0.2) is 18.2 Å². The van der Waals surface area contributed by atoms with Gasteiger partial charge in [0.05, 0.1) is 5.38 Å². The summed E-state index contributed by atoms with van der Waals surface area (Å²) in [7, 11) is 0. The maximum Gasteiger partial charge on any atom is 0.420 e. The van der Waals surface area contributed by atoms with Gasteiger partial charge in [0.15, 0.2) is 5.78 Å². The van der Waals surface area contributed by atoms with E-state index in [1.807, 2.05) is 0 Å². The van der Waals surface area contributed by atoms with Crippen LogP contribution < -0.4 is 0 Å². The van der Waals surface area contributed by atoms with Crippen LogP contribution in [0.25, 0.3) is 0 Å². The van der Waals surface area contributed by atoms with Crippen molar-refractivity contribution in [1.29, 1.82) is 0 Å². The van der Waals surface area contributed by atoms with Crippen LogP contribution in [-0.4, -0.2) is 16.3 Å². The van der Waals surface area contributed by atoms with Crippen LogP contribution in [0.4, 0.5) is 13.2 Å². The quantitative estimate of drug-likeness (QED) is 0.648. The van der Waals surface area contributed by atoms with Crippen molar-refractivity contribution in [3.8, 4) is 5.75 Å². The molecule has 0 saturated heterocycles. The summed E-state index contributed by atoms with van der Waals surface area (Å²) in [6.07, 6.45) is -4.79. The molecule has 0 radical (unpaired) electrons. The molecule has 0 spiro atoms. The Morgan fingerprint density at radius 3 is 2.44 bits per heavy atom. The Hall–Kier alpha value is -1.23. The zero-order valence-corrected chi connectivity index (χ0v) is 8.93. The number of halogens is 4. The van der Waals surface area contributed by atoms with Gasteiger partial charge < -0.3 is 5.11 Å². The van der Waals surface area contributed by atoms with E-state index in [1.54, 1.807) is 0 Å². The second-order valence-corrected chi connectivity index (χ2v) is 3.83. The summed E-state index contributed by atoms with van der Waals surface area (Å²) in [6, 6.07) is 3.03. The summed E-state index contributed by atoms with van der Waals surface area (Å²) >= 11 is 5.44. The Bertz CT molecular complexity index is 413. The molecule has 2 nitrogen and oxygen atoms in total. The van der Waals surface area contributed by atoms with Gasteiger partial charge in [-0.05, 0) is 13.0 Å². The standard InChI is InChI=1S/C10H8ClF3O2/c1-5(11)9(16)6-3-2-4-7(15)8(6)10(12,13)14/h2-5,15H,1H3. The number of hydrogen-bond donors (Lipinski definition) is 1. The molecule has 0 fully saturated rings. The zero-order chi connectivity index (χ0) is 12.5. The lowest BCUT2D eigenvalue weighted by atomic mass is 10.0. The van der Waals surface area contributed by atoms with Gasteiger partial charge in [0, 0.05) is 5.56 Å². The number of carbonyl (C=O) groups excluding carboxylic acids is 1. The van der Waals surface area contributed by atoms with Crippen molar-refractivity contribution < 1.29 is 23.1 Å². The first-order valence-electron chi connectivity index (χ1n) is 4.32. The van der Waals surface area contributed by atoms with E-state index in [0.717, 1.165) is 18.2 Å². The molecule has 0 heterocycles. The maximum atomic E-state index is 12.6. The molecule has 1 N–H and O–H groups in total. The first-order valence-corrected chi connectivity index (χ1v) is 4.76. The topological polar surface area (TPSA) is 37.3 Å². The van der Waals surface area contributed by atoms with E-state index in [0.29, 0.717) is 0 Å². The summed E-state index contributed by atoms with van der Waals surface area (Å²) in [4.78, 5) is 11.4. The minimum absolute atomic E-state index is 0.616. The first kappa shape index (κ1) is 12.8. The number of aromatic hydroxyl groups is 1. The number of phenolic OH excluding ortho intramolecular Hbond substituents is 1. The minimum Gasteiger partial charge on any atom is -0.507 e. The molecule has 0 saturated carbocycles. The fraction of sp³-hybridized carbons (Fsp3) is 0.300. The molecule has 0 aliphatic rings. The molecule has 0 aliphatic carbocycles. The summed E-state index contributed by atoms with van der Waals surface area (Å²) in [5.74, 6) is -1.85. The molecule has 1 unspecified atom stereocenters. The largest absolute Gasteiger partial charge is 0.507 e. The first-order chi connectivity index (χ1) is 7.25. The lowest BCUT2D eigenvalue weighted by molar-refractivity contribution is -0.139. The Kier molecular flexibility index (Phi) is 3.48. The number of rotatable bonds is 2. The van der Waals surface area contributed by atoms with Gasteiger partial charge in [-0.15, -0.1) is 11.6 Å². The Labute approximate surface area is 94.6 Å². The van der Waals surface area contributed by atoms with E-state index in [1.165, 1.54) is 6.92 Å². The van der Waals surface area contributed by atoms with Crippen LogP contribution in [0.1, 0.15) is 22.8 Å². The number of alkyl halides is 4. The molecular weight excluding hydrogens is 245 g/mol. The van der Waals surface area contributed by atoms with Crippen LogP contribution in [0, 0.1) is 0 Å². The van der Waals surface area contributed by atoms with E-state index in [9.17, 15) is 18.0 Å². The molecule has 0 aromatic heterocycles. The third-order valence-electron chi connectivity index (χ3n) is 1.95. The molecule has 0 amide bonds. The van der Waals surface area contributed by atoms with Gasteiger partial charge in [0.2, 0.25) is 0 Å². The molecule has 88 valence electrons. The fourth-order valence-corrected chi connectivity index (χ4v) is 1.38. The van der Waals surface area contributed by atoms with E-state index < -0.39 is 34.2 Å². The lowest BCUT2D eigenvalue weighted by Crippen LogP contribution is -2.18. The second kappa shape index (κ2) is 4.33. The van der Waals surface area contributed by atoms with Gasteiger partial charge >= 0.3 is 6.18 Å². The zero-order valence-electron chi connectivity index (χ0n) is 8.18. The van der Waals surface area contributed by atoms with Crippen LogP contribution in [-0.2, 0) is 6.18 Å². The summed E-state index contributed by atoms with van der Waals surface area (Å²) < 4.78 is 37.7. The second-order valence-electron chi connectivity index (χ2n) is 3.18. The van der Waals surface area contributed by atoms with E-state index in [-0.39, 0.29) is 0 Å². The number of ketones is 1. The van der Waals surface area contributed by atoms with E-state index in [4.69, 9.17) is 16.7 Å². The highest BCUT2D eigenvalue weighted by molar-refractivity contribution is 6.33. The van der Waals surface area contributed by atoms with Crippen molar-refractivity contribution in [3.63, 3.8) is 0 Å². The third kappa shape index (κ3) is 2.47. The Morgan fingerprint density at radius 2 is 2.00 bits per heavy atom. The van der Waals surface area contributed by atoms with Crippen molar-refractivity contribution in [1.82, 2.24) is 0 Å². The predicted octanol–water partition coefficient (Wildman–Crippen LogP) is 3.22. The highest BCUT2D eigenvalue weighted by atomic mass is 35.5.